The molecule has 0 bridgehead atoms. The molecule has 0 fully saturated rings. The summed E-state index contributed by atoms with van der Waals surface area (Å²) in [6.45, 7) is 1.86. The van der Waals surface area contributed by atoms with Crippen LogP contribution in [0.15, 0.2) is 17.0 Å². The van der Waals surface area contributed by atoms with Crippen LogP contribution in [0.4, 0.5) is 5.00 Å². The Labute approximate surface area is 106 Å². The molecular formula is C10H10N6OS. The van der Waals surface area contributed by atoms with Crippen molar-refractivity contribution in [3.8, 4) is 23.0 Å². The van der Waals surface area contributed by atoms with Gasteiger partial charge in [0.1, 0.15) is 10.7 Å². The van der Waals surface area contributed by atoms with Crippen LogP contribution in [0.25, 0.3) is 23.0 Å². The Morgan fingerprint density at radius 1 is 1.44 bits per heavy atom. The van der Waals surface area contributed by atoms with Gasteiger partial charge in [0.15, 0.2) is 0 Å². The summed E-state index contributed by atoms with van der Waals surface area (Å²) in [5.41, 5.74) is 8.12. The number of hydrogen-bond acceptors (Lipinski definition) is 7. The number of imidazole rings is 1. The van der Waals surface area contributed by atoms with E-state index in [1.165, 1.54) is 11.5 Å². The van der Waals surface area contributed by atoms with Crippen molar-refractivity contribution in [1.82, 2.24) is 24.1 Å². The number of nitrogens with two attached hydrogens (primary N) is 1. The molecule has 0 aliphatic heterocycles. The zero-order valence-corrected chi connectivity index (χ0v) is 10.6. The van der Waals surface area contributed by atoms with E-state index in [1.54, 1.807) is 12.5 Å². The van der Waals surface area contributed by atoms with Crippen LogP contribution in [-0.2, 0) is 7.05 Å². The summed E-state index contributed by atoms with van der Waals surface area (Å²) < 4.78 is 11.2. The third-order valence-corrected chi connectivity index (χ3v) is 3.34. The molecule has 3 aromatic heterocycles. The van der Waals surface area contributed by atoms with Crippen LogP contribution < -0.4 is 5.73 Å². The molecule has 3 aromatic rings. The molecule has 0 spiro atoms. The molecule has 0 saturated heterocycles. The third-order valence-electron chi connectivity index (χ3n) is 2.57. The van der Waals surface area contributed by atoms with Crippen molar-refractivity contribution in [3.63, 3.8) is 0 Å². The van der Waals surface area contributed by atoms with Gasteiger partial charge in [-0.25, -0.2) is 4.98 Å². The van der Waals surface area contributed by atoms with Crippen LogP contribution in [0.5, 0.6) is 0 Å². The number of aromatic nitrogens is 5. The Bertz CT molecular complexity index is 677. The maximum Gasteiger partial charge on any atom is 0.263 e. The second-order valence-corrected chi connectivity index (χ2v) is 4.63. The smallest absolute Gasteiger partial charge is 0.263 e. The second-order valence-electron chi connectivity index (χ2n) is 3.82. The van der Waals surface area contributed by atoms with E-state index >= 15 is 0 Å². The molecule has 0 atom stereocenters. The van der Waals surface area contributed by atoms with Crippen molar-refractivity contribution in [2.24, 2.45) is 7.05 Å². The lowest BCUT2D eigenvalue weighted by Gasteiger charge is -1.93. The van der Waals surface area contributed by atoms with E-state index in [9.17, 15) is 0 Å². The van der Waals surface area contributed by atoms with Crippen molar-refractivity contribution in [3.05, 3.63) is 18.2 Å². The number of nitrogen functional groups attached to an aromatic ring is 1. The Kier molecular flexibility index (Phi) is 2.37. The van der Waals surface area contributed by atoms with Crippen LogP contribution in [-0.4, -0.2) is 24.1 Å². The molecular weight excluding hydrogens is 252 g/mol. The fourth-order valence-corrected chi connectivity index (χ4v) is 2.30. The number of nitrogens with zero attached hydrogens (tertiary/aromatic N) is 5. The maximum absolute atomic E-state index is 5.84. The molecule has 0 aromatic carbocycles. The maximum atomic E-state index is 5.84. The molecule has 0 amide bonds. The normalized spacial score (nSPS) is 11.0. The molecule has 2 N–H and O–H groups in total. The minimum atomic E-state index is 0.384. The molecule has 8 heteroatoms. The highest BCUT2D eigenvalue weighted by Crippen LogP contribution is 2.31. The highest BCUT2D eigenvalue weighted by molar-refractivity contribution is 7.10. The summed E-state index contributed by atoms with van der Waals surface area (Å²) in [4.78, 5) is 8.34. The first-order valence-electron chi connectivity index (χ1n) is 5.19. The van der Waals surface area contributed by atoms with E-state index in [0.717, 1.165) is 11.4 Å². The number of aryl methyl sites for hydroxylation is 2. The Balaban J connectivity index is 2.08. The van der Waals surface area contributed by atoms with E-state index in [2.05, 4.69) is 19.5 Å². The summed E-state index contributed by atoms with van der Waals surface area (Å²) in [6.07, 6.45) is 3.36. The lowest BCUT2D eigenvalue weighted by atomic mass is 10.2. The quantitative estimate of drug-likeness (QED) is 0.751. The molecule has 0 radical (unpaired) electrons. The zero-order valence-electron chi connectivity index (χ0n) is 9.78. The van der Waals surface area contributed by atoms with Crippen LogP contribution in [0.2, 0.25) is 0 Å². The van der Waals surface area contributed by atoms with E-state index in [4.69, 9.17) is 10.3 Å². The van der Waals surface area contributed by atoms with E-state index in [0.29, 0.717) is 22.3 Å². The fraction of sp³-hybridized carbons (Fsp3) is 0.200. The predicted octanol–water partition coefficient (Wildman–Crippen LogP) is 1.48. The Morgan fingerprint density at radius 2 is 2.28 bits per heavy atom. The topological polar surface area (TPSA) is 95.7 Å². The van der Waals surface area contributed by atoms with E-state index < -0.39 is 0 Å². The first-order valence-corrected chi connectivity index (χ1v) is 5.96. The van der Waals surface area contributed by atoms with Gasteiger partial charge in [-0.3, -0.25) is 0 Å². The van der Waals surface area contributed by atoms with Crippen molar-refractivity contribution in [2.45, 2.75) is 6.92 Å². The van der Waals surface area contributed by atoms with E-state index in [1.807, 2.05) is 18.5 Å². The van der Waals surface area contributed by atoms with Gasteiger partial charge < -0.3 is 14.8 Å². The molecule has 7 nitrogen and oxygen atoms in total. The number of anilines is 1. The first-order chi connectivity index (χ1) is 8.66. The van der Waals surface area contributed by atoms with Gasteiger partial charge >= 0.3 is 0 Å². The van der Waals surface area contributed by atoms with Gasteiger partial charge in [0.2, 0.25) is 5.82 Å². The Morgan fingerprint density at radius 3 is 2.89 bits per heavy atom. The number of hydrogen-bond donors (Lipinski definition) is 1. The third kappa shape index (κ3) is 1.58. The first kappa shape index (κ1) is 10.9. The van der Waals surface area contributed by atoms with Gasteiger partial charge in [-0.05, 0) is 18.5 Å². The fourth-order valence-electron chi connectivity index (χ4n) is 1.65. The van der Waals surface area contributed by atoms with Gasteiger partial charge in [-0.15, -0.1) is 0 Å². The van der Waals surface area contributed by atoms with Crippen LogP contribution >= 0.6 is 11.5 Å². The van der Waals surface area contributed by atoms with Gasteiger partial charge in [0.25, 0.3) is 5.89 Å². The molecule has 3 heterocycles. The molecule has 3 rings (SSSR count). The van der Waals surface area contributed by atoms with Crippen molar-refractivity contribution < 1.29 is 4.52 Å². The summed E-state index contributed by atoms with van der Waals surface area (Å²) in [5, 5.41) is 4.51. The minimum absolute atomic E-state index is 0.384. The van der Waals surface area contributed by atoms with Gasteiger partial charge in [-0.2, -0.15) is 9.36 Å². The SMILES string of the molecule is Cc1nsc(N)c1-c1nc(-c2cncn2C)no1. The average Bonchev–Trinajstić information content (AvgIpc) is 3.00. The van der Waals surface area contributed by atoms with Crippen LogP contribution in [0.1, 0.15) is 5.69 Å². The molecule has 0 aliphatic rings. The molecule has 18 heavy (non-hydrogen) atoms. The standard InChI is InChI=1S/C10H10N6OS/c1-5-7(8(11)18-15-5)10-13-9(14-17-10)6-3-12-4-16(6)2/h3-4H,11H2,1-2H3. The van der Waals surface area contributed by atoms with Gasteiger partial charge in [-0.1, -0.05) is 5.16 Å². The monoisotopic (exact) mass is 262 g/mol. The molecule has 92 valence electrons. The lowest BCUT2D eigenvalue weighted by molar-refractivity contribution is 0.432. The summed E-state index contributed by atoms with van der Waals surface area (Å²) in [5.74, 6) is 0.866. The molecule has 0 aliphatic carbocycles. The minimum Gasteiger partial charge on any atom is -0.389 e. The number of rotatable bonds is 2. The van der Waals surface area contributed by atoms with Gasteiger partial charge in [0, 0.05) is 7.05 Å². The summed E-state index contributed by atoms with van der Waals surface area (Å²) in [6, 6.07) is 0. The van der Waals surface area contributed by atoms with Crippen molar-refractivity contribution >= 4 is 16.5 Å². The summed E-state index contributed by atoms with van der Waals surface area (Å²) >= 11 is 1.22. The highest BCUT2D eigenvalue weighted by Gasteiger charge is 2.19. The molecule has 0 saturated carbocycles. The Hall–Kier alpha value is -2.22. The van der Waals surface area contributed by atoms with Crippen molar-refractivity contribution in [2.75, 3.05) is 5.73 Å². The van der Waals surface area contributed by atoms with E-state index in [-0.39, 0.29) is 0 Å². The van der Waals surface area contributed by atoms with Crippen LogP contribution in [0.3, 0.4) is 0 Å². The second kappa shape index (κ2) is 3.91. The lowest BCUT2D eigenvalue weighted by Crippen LogP contribution is -1.91. The van der Waals surface area contributed by atoms with Crippen LogP contribution in [0, 0.1) is 6.92 Å². The highest BCUT2D eigenvalue weighted by atomic mass is 32.1. The average molecular weight is 262 g/mol. The molecule has 0 unspecified atom stereocenters. The van der Waals surface area contributed by atoms with Gasteiger partial charge in [0.05, 0.1) is 23.8 Å². The predicted molar refractivity (Wildman–Crippen MR) is 66.8 cm³/mol. The summed E-state index contributed by atoms with van der Waals surface area (Å²) in [7, 11) is 1.87. The largest absolute Gasteiger partial charge is 0.389 e. The van der Waals surface area contributed by atoms with Crippen molar-refractivity contribution in [1.29, 1.82) is 0 Å². The zero-order chi connectivity index (χ0) is 12.7.